The average Bonchev–Trinajstić information content (AvgIpc) is 2.27. The fourth-order valence-electron chi connectivity index (χ4n) is 0.905. The molecule has 0 bridgehead atoms. The van der Waals surface area contributed by atoms with E-state index in [-0.39, 0.29) is 11.5 Å². The Hall–Kier alpha value is -1.43. The Kier molecular flexibility index (Phi) is 4.23. The van der Waals surface area contributed by atoms with Gasteiger partial charge in [-0.1, -0.05) is 22.0 Å². The van der Waals surface area contributed by atoms with Crippen molar-refractivity contribution in [2.45, 2.75) is 0 Å². The highest BCUT2D eigenvalue weighted by molar-refractivity contribution is 9.09. The Labute approximate surface area is 95.5 Å². The zero-order valence-electron chi connectivity index (χ0n) is 8.11. The molecular formula is C9H10BrN3O2. The molecule has 6 heteroatoms. The lowest BCUT2D eigenvalue weighted by atomic mass is 10.3. The summed E-state index contributed by atoms with van der Waals surface area (Å²) in [5, 5.41) is 0.701. The number of hydrogen-bond donors (Lipinski definition) is 1. The molecule has 0 atom stereocenters. The van der Waals surface area contributed by atoms with E-state index in [2.05, 4.69) is 30.6 Å². The molecule has 1 aromatic heterocycles. The van der Waals surface area contributed by atoms with Crippen LogP contribution in [0.3, 0.4) is 0 Å². The first kappa shape index (κ1) is 11.6. The smallest absolute Gasteiger partial charge is 0.360 e. The number of nitrogens with zero attached hydrogens (tertiary/aromatic N) is 2. The summed E-state index contributed by atoms with van der Waals surface area (Å²) < 4.78 is 4.52. The number of ether oxygens (including phenoxy) is 1. The number of halogens is 1. The number of hydrogen-bond acceptors (Lipinski definition) is 5. The van der Waals surface area contributed by atoms with Crippen molar-refractivity contribution in [1.29, 1.82) is 0 Å². The fourth-order valence-corrected chi connectivity index (χ4v) is 1.09. The summed E-state index contributed by atoms with van der Waals surface area (Å²) in [5.74, 6) is -0.521. The molecule has 0 saturated carbocycles. The summed E-state index contributed by atoms with van der Waals surface area (Å²) >= 11 is 3.23. The van der Waals surface area contributed by atoms with E-state index in [1.54, 1.807) is 6.08 Å². The van der Waals surface area contributed by atoms with Crippen LogP contribution in [0.5, 0.6) is 0 Å². The van der Waals surface area contributed by atoms with Crippen LogP contribution in [0, 0.1) is 0 Å². The van der Waals surface area contributed by atoms with Gasteiger partial charge < -0.3 is 10.5 Å². The number of carbonyl (C=O) groups excluding carboxylic acids is 1. The number of allylic oxidation sites excluding steroid dienone is 1. The number of nitrogens with two attached hydrogens (primary N) is 1. The predicted octanol–water partition coefficient (Wildman–Crippen LogP) is 1.25. The fraction of sp³-hybridized carbons (Fsp3) is 0.222. The topological polar surface area (TPSA) is 78.1 Å². The zero-order valence-corrected chi connectivity index (χ0v) is 9.69. The summed E-state index contributed by atoms with van der Waals surface area (Å²) in [4.78, 5) is 19.1. The third-order valence-corrected chi connectivity index (χ3v) is 1.95. The molecule has 0 unspecified atom stereocenters. The van der Waals surface area contributed by atoms with Crippen molar-refractivity contribution < 1.29 is 9.53 Å². The molecule has 2 N–H and O–H groups in total. The van der Waals surface area contributed by atoms with Gasteiger partial charge in [0.15, 0.2) is 11.5 Å². The van der Waals surface area contributed by atoms with Crippen LogP contribution in [-0.2, 0) is 4.74 Å². The van der Waals surface area contributed by atoms with Gasteiger partial charge in [-0.2, -0.15) is 0 Å². The lowest BCUT2D eigenvalue weighted by Gasteiger charge is -2.02. The van der Waals surface area contributed by atoms with Crippen LogP contribution >= 0.6 is 15.9 Å². The second-order valence-corrected chi connectivity index (χ2v) is 3.22. The molecule has 0 radical (unpaired) electrons. The Bertz CT molecular complexity index is 393. The number of rotatable bonds is 3. The number of anilines is 1. The summed E-state index contributed by atoms with van der Waals surface area (Å²) in [6, 6.07) is 0. The maximum absolute atomic E-state index is 11.2. The van der Waals surface area contributed by atoms with Gasteiger partial charge in [0, 0.05) is 5.33 Å². The van der Waals surface area contributed by atoms with Crippen molar-refractivity contribution in [2.75, 3.05) is 18.2 Å². The van der Waals surface area contributed by atoms with Crippen LogP contribution < -0.4 is 5.73 Å². The molecule has 0 aliphatic heterocycles. The maximum atomic E-state index is 11.2. The van der Waals surface area contributed by atoms with Gasteiger partial charge in [-0.25, -0.2) is 14.8 Å². The minimum absolute atomic E-state index is 0.0363. The summed E-state index contributed by atoms with van der Waals surface area (Å²) in [5.41, 5.74) is 6.08. The molecule has 0 aromatic carbocycles. The molecule has 0 spiro atoms. The number of carbonyl (C=O) groups is 1. The molecule has 15 heavy (non-hydrogen) atoms. The molecular weight excluding hydrogens is 262 g/mol. The van der Waals surface area contributed by atoms with Crippen LogP contribution in [0.1, 0.15) is 16.2 Å². The maximum Gasteiger partial charge on any atom is 0.360 e. The average molecular weight is 272 g/mol. The van der Waals surface area contributed by atoms with Gasteiger partial charge in [-0.05, 0) is 6.08 Å². The first-order valence-corrected chi connectivity index (χ1v) is 5.24. The third kappa shape index (κ3) is 3.02. The second kappa shape index (κ2) is 5.45. The highest BCUT2D eigenvalue weighted by Crippen LogP contribution is 2.08. The normalized spacial score (nSPS) is 10.5. The van der Waals surface area contributed by atoms with E-state index in [4.69, 9.17) is 5.73 Å². The first-order valence-electron chi connectivity index (χ1n) is 4.12. The minimum Gasteiger partial charge on any atom is -0.464 e. The van der Waals surface area contributed by atoms with Crippen LogP contribution in [-0.4, -0.2) is 28.4 Å². The Morgan fingerprint density at radius 3 is 3.07 bits per heavy atom. The minimum atomic E-state index is -0.589. The van der Waals surface area contributed by atoms with Gasteiger partial charge in [0.05, 0.1) is 19.0 Å². The summed E-state index contributed by atoms with van der Waals surface area (Å²) in [7, 11) is 1.27. The van der Waals surface area contributed by atoms with E-state index in [0.29, 0.717) is 11.0 Å². The Balaban J connectivity index is 3.05. The number of nitrogen functional groups attached to an aromatic ring is 1. The number of methoxy groups -OCH3 is 1. The van der Waals surface area contributed by atoms with Crippen molar-refractivity contribution >= 4 is 33.8 Å². The Morgan fingerprint density at radius 2 is 2.47 bits per heavy atom. The monoisotopic (exact) mass is 271 g/mol. The van der Waals surface area contributed by atoms with Crippen molar-refractivity contribution in [2.24, 2.45) is 0 Å². The summed E-state index contributed by atoms with van der Waals surface area (Å²) in [6.07, 6.45) is 5.05. The first-order chi connectivity index (χ1) is 7.19. The van der Waals surface area contributed by atoms with Crippen LogP contribution in [0.25, 0.3) is 6.08 Å². The third-order valence-electron chi connectivity index (χ3n) is 1.58. The quantitative estimate of drug-likeness (QED) is 0.661. The van der Waals surface area contributed by atoms with E-state index < -0.39 is 5.97 Å². The molecule has 0 saturated heterocycles. The molecule has 0 aliphatic carbocycles. The van der Waals surface area contributed by atoms with Gasteiger partial charge >= 0.3 is 5.97 Å². The number of esters is 1. The van der Waals surface area contributed by atoms with E-state index in [9.17, 15) is 4.79 Å². The Morgan fingerprint density at radius 1 is 1.73 bits per heavy atom. The SMILES string of the molecule is COC(=O)c1nc(C=CCBr)cnc1N. The number of aromatic nitrogens is 2. The molecule has 80 valence electrons. The summed E-state index contributed by atoms with van der Waals surface area (Å²) in [6.45, 7) is 0. The van der Waals surface area contributed by atoms with Crippen molar-refractivity contribution in [1.82, 2.24) is 9.97 Å². The molecule has 0 aliphatic rings. The van der Waals surface area contributed by atoms with Gasteiger partial charge in [0.25, 0.3) is 0 Å². The predicted molar refractivity (Wildman–Crippen MR) is 60.6 cm³/mol. The molecule has 1 heterocycles. The van der Waals surface area contributed by atoms with Crippen molar-refractivity contribution in [3.63, 3.8) is 0 Å². The molecule has 1 aromatic rings. The van der Waals surface area contributed by atoms with E-state index in [1.165, 1.54) is 13.3 Å². The molecule has 5 nitrogen and oxygen atoms in total. The van der Waals surface area contributed by atoms with Gasteiger partial charge in [0.2, 0.25) is 0 Å². The van der Waals surface area contributed by atoms with Crippen LogP contribution in [0.2, 0.25) is 0 Å². The zero-order chi connectivity index (χ0) is 11.3. The molecule has 0 fully saturated rings. The second-order valence-electron chi connectivity index (χ2n) is 2.58. The van der Waals surface area contributed by atoms with E-state index in [1.807, 2.05) is 6.08 Å². The van der Waals surface area contributed by atoms with Crippen molar-refractivity contribution in [3.8, 4) is 0 Å². The number of alkyl halides is 1. The van der Waals surface area contributed by atoms with E-state index in [0.717, 1.165) is 0 Å². The molecule has 0 amide bonds. The highest BCUT2D eigenvalue weighted by atomic mass is 79.9. The lowest BCUT2D eigenvalue weighted by Crippen LogP contribution is -2.10. The van der Waals surface area contributed by atoms with Gasteiger partial charge in [0.1, 0.15) is 0 Å². The van der Waals surface area contributed by atoms with Gasteiger partial charge in [-0.15, -0.1) is 0 Å². The van der Waals surface area contributed by atoms with E-state index >= 15 is 0 Å². The van der Waals surface area contributed by atoms with Crippen molar-refractivity contribution in [3.05, 3.63) is 23.7 Å². The molecule has 1 rings (SSSR count). The van der Waals surface area contributed by atoms with Crippen LogP contribution in [0.15, 0.2) is 12.3 Å². The van der Waals surface area contributed by atoms with Gasteiger partial charge in [-0.3, -0.25) is 0 Å². The lowest BCUT2D eigenvalue weighted by molar-refractivity contribution is 0.0595. The van der Waals surface area contributed by atoms with Crippen LogP contribution in [0.4, 0.5) is 5.82 Å². The highest BCUT2D eigenvalue weighted by Gasteiger charge is 2.12. The largest absolute Gasteiger partial charge is 0.464 e. The standard InChI is InChI=1S/C9H10BrN3O2/c1-15-9(14)7-8(11)12-5-6(13-7)3-2-4-10/h2-3,5H,4H2,1H3,(H2,11,12).